The maximum atomic E-state index is 11.9. The summed E-state index contributed by atoms with van der Waals surface area (Å²) in [7, 11) is 0. The van der Waals surface area contributed by atoms with Crippen molar-refractivity contribution in [3.63, 3.8) is 0 Å². The third kappa shape index (κ3) is 3.81. The zero-order chi connectivity index (χ0) is 14.7. The number of β-amino-alcohol motifs (C(OH)–C–C–N with tert-alkyl or cyclic N) is 1. The smallest absolute Gasteiger partial charge is 0.237 e. The molecule has 5 nitrogen and oxygen atoms in total. The van der Waals surface area contributed by atoms with Crippen LogP contribution in [-0.4, -0.2) is 41.2 Å². The van der Waals surface area contributed by atoms with Gasteiger partial charge in [0.05, 0.1) is 22.8 Å². The molecule has 0 saturated carbocycles. The molecule has 3 rings (SSSR count). The van der Waals surface area contributed by atoms with Gasteiger partial charge in [0, 0.05) is 24.4 Å². The molecule has 2 heterocycles. The summed E-state index contributed by atoms with van der Waals surface area (Å²) in [6.07, 6.45) is 6.90. The summed E-state index contributed by atoms with van der Waals surface area (Å²) in [6.45, 7) is 1.19. The van der Waals surface area contributed by atoms with E-state index < -0.39 is 0 Å². The highest BCUT2D eigenvalue weighted by Gasteiger charge is 2.27. The van der Waals surface area contributed by atoms with Gasteiger partial charge < -0.3 is 15.7 Å². The van der Waals surface area contributed by atoms with Gasteiger partial charge in [0.1, 0.15) is 0 Å². The molecule has 1 aliphatic carbocycles. The summed E-state index contributed by atoms with van der Waals surface area (Å²) >= 11 is 1.85. The fourth-order valence-corrected chi connectivity index (χ4v) is 4.20. The summed E-state index contributed by atoms with van der Waals surface area (Å²) in [6, 6.07) is -0.229. The molecule has 3 N–H and O–H groups in total. The monoisotopic (exact) mass is 309 g/mol. The average molecular weight is 309 g/mol. The van der Waals surface area contributed by atoms with Crippen molar-refractivity contribution in [3.05, 3.63) is 15.6 Å². The Morgan fingerprint density at radius 1 is 1.43 bits per heavy atom. The Morgan fingerprint density at radius 3 is 3.05 bits per heavy atom. The molecule has 2 unspecified atom stereocenters. The van der Waals surface area contributed by atoms with E-state index in [0.717, 1.165) is 19.3 Å². The van der Waals surface area contributed by atoms with E-state index in [9.17, 15) is 9.90 Å². The minimum atomic E-state index is -0.387. The van der Waals surface area contributed by atoms with Gasteiger partial charge in [-0.1, -0.05) is 0 Å². The van der Waals surface area contributed by atoms with Crippen molar-refractivity contribution in [1.82, 2.24) is 15.6 Å². The van der Waals surface area contributed by atoms with E-state index in [-0.39, 0.29) is 18.1 Å². The Balaban J connectivity index is 1.38. The van der Waals surface area contributed by atoms with Gasteiger partial charge >= 0.3 is 0 Å². The number of fused-ring (bicyclic) bond motifs is 1. The molecule has 1 aromatic heterocycles. The maximum Gasteiger partial charge on any atom is 0.237 e. The Kier molecular flexibility index (Phi) is 4.87. The average Bonchev–Trinajstić information content (AvgIpc) is 3.09. The first-order chi connectivity index (χ1) is 10.2. The number of nitrogens with zero attached hydrogens (tertiary/aromatic N) is 1. The lowest BCUT2D eigenvalue weighted by molar-refractivity contribution is -0.122. The topological polar surface area (TPSA) is 74.2 Å². The molecule has 1 saturated heterocycles. The summed E-state index contributed by atoms with van der Waals surface area (Å²) in [5, 5.41) is 16.6. The summed E-state index contributed by atoms with van der Waals surface area (Å²) in [4.78, 5) is 18.1. The number of carbonyl (C=O) groups excluding carboxylic acids is 1. The number of aromatic nitrogens is 1. The number of thiazole rings is 1. The van der Waals surface area contributed by atoms with Gasteiger partial charge in [-0.25, -0.2) is 4.98 Å². The standard InChI is InChI=1S/C15H23N3O2S/c19-10-8-12(17-9-10)15(20)16-7-3-6-14-18-11-4-1-2-5-13(11)21-14/h10,12,17,19H,1-9H2,(H,16,20). The molecular weight excluding hydrogens is 286 g/mol. The number of aliphatic hydroxyl groups excluding tert-OH is 1. The lowest BCUT2D eigenvalue weighted by atomic mass is 10.0. The van der Waals surface area contributed by atoms with Gasteiger partial charge in [-0.3, -0.25) is 4.79 Å². The molecule has 2 atom stereocenters. The second-order valence-electron chi connectivity index (χ2n) is 5.93. The maximum absolute atomic E-state index is 11.9. The number of rotatable bonds is 5. The van der Waals surface area contributed by atoms with Crippen molar-refractivity contribution in [3.8, 4) is 0 Å². The van der Waals surface area contributed by atoms with Gasteiger partial charge in [-0.2, -0.15) is 0 Å². The van der Waals surface area contributed by atoms with Crippen molar-refractivity contribution in [2.75, 3.05) is 13.1 Å². The fraction of sp³-hybridized carbons (Fsp3) is 0.733. The van der Waals surface area contributed by atoms with E-state index >= 15 is 0 Å². The zero-order valence-electron chi connectivity index (χ0n) is 12.2. The van der Waals surface area contributed by atoms with Gasteiger partial charge in [-0.05, 0) is 38.5 Å². The van der Waals surface area contributed by atoms with E-state index in [1.165, 1.54) is 34.8 Å². The third-order valence-electron chi connectivity index (χ3n) is 4.18. The first-order valence-corrected chi connectivity index (χ1v) is 8.70. The van der Waals surface area contributed by atoms with Crippen LogP contribution < -0.4 is 10.6 Å². The van der Waals surface area contributed by atoms with Crippen LogP contribution in [-0.2, 0) is 24.1 Å². The number of nitrogens with one attached hydrogen (secondary N) is 2. The highest BCUT2D eigenvalue weighted by molar-refractivity contribution is 7.11. The van der Waals surface area contributed by atoms with Crippen LogP contribution >= 0.6 is 11.3 Å². The molecule has 0 aromatic carbocycles. The van der Waals surface area contributed by atoms with Crippen LogP contribution in [0.3, 0.4) is 0 Å². The van der Waals surface area contributed by atoms with E-state index in [1.54, 1.807) is 0 Å². The van der Waals surface area contributed by atoms with Crippen LogP contribution in [0.25, 0.3) is 0 Å². The van der Waals surface area contributed by atoms with E-state index in [4.69, 9.17) is 4.98 Å². The number of carbonyl (C=O) groups is 1. The molecule has 1 fully saturated rings. The summed E-state index contributed by atoms with van der Waals surface area (Å²) < 4.78 is 0. The van der Waals surface area contributed by atoms with Gasteiger partial charge in [0.15, 0.2) is 0 Å². The third-order valence-corrected chi connectivity index (χ3v) is 5.40. The zero-order valence-corrected chi connectivity index (χ0v) is 13.0. The Morgan fingerprint density at radius 2 is 2.29 bits per heavy atom. The van der Waals surface area contributed by atoms with Crippen molar-refractivity contribution in [2.24, 2.45) is 0 Å². The van der Waals surface area contributed by atoms with E-state index in [0.29, 0.717) is 19.5 Å². The fourth-order valence-electron chi connectivity index (χ4n) is 3.00. The van der Waals surface area contributed by atoms with Crippen LogP contribution in [0.15, 0.2) is 0 Å². The van der Waals surface area contributed by atoms with Crippen molar-refractivity contribution in [1.29, 1.82) is 0 Å². The van der Waals surface area contributed by atoms with Crippen molar-refractivity contribution in [2.45, 2.75) is 57.1 Å². The Hall–Kier alpha value is -0.980. The number of aliphatic hydroxyl groups is 1. The predicted molar refractivity (Wildman–Crippen MR) is 82.5 cm³/mol. The van der Waals surface area contributed by atoms with Gasteiger partial charge in [-0.15, -0.1) is 11.3 Å². The second kappa shape index (κ2) is 6.85. The van der Waals surface area contributed by atoms with Crippen LogP contribution in [0.2, 0.25) is 0 Å². The molecule has 1 aliphatic heterocycles. The van der Waals surface area contributed by atoms with Crippen LogP contribution in [0.4, 0.5) is 0 Å². The SMILES string of the molecule is O=C(NCCCc1nc2c(s1)CCCC2)C1CC(O)CN1. The van der Waals surface area contributed by atoms with Crippen LogP contribution in [0, 0.1) is 0 Å². The Bertz CT molecular complexity index is 480. The first-order valence-electron chi connectivity index (χ1n) is 7.89. The largest absolute Gasteiger partial charge is 0.392 e. The molecule has 21 heavy (non-hydrogen) atoms. The number of hydrogen-bond donors (Lipinski definition) is 3. The number of hydrogen-bond acceptors (Lipinski definition) is 5. The lowest BCUT2D eigenvalue weighted by Crippen LogP contribution is -2.40. The molecule has 6 heteroatoms. The van der Waals surface area contributed by atoms with Crippen molar-refractivity contribution < 1.29 is 9.90 Å². The van der Waals surface area contributed by atoms with E-state index in [2.05, 4.69) is 10.6 Å². The molecule has 116 valence electrons. The van der Waals surface area contributed by atoms with E-state index in [1.807, 2.05) is 11.3 Å². The summed E-state index contributed by atoms with van der Waals surface area (Å²) in [5.41, 5.74) is 1.31. The van der Waals surface area contributed by atoms with Crippen LogP contribution in [0.5, 0.6) is 0 Å². The summed E-state index contributed by atoms with van der Waals surface area (Å²) in [5.74, 6) is 0.00461. The lowest BCUT2D eigenvalue weighted by Gasteiger charge is -2.10. The Labute approximate surface area is 129 Å². The first kappa shape index (κ1) is 14.9. The van der Waals surface area contributed by atoms with Gasteiger partial charge in [0.25, 0.3) is 0 Å². The molecule has 2 aliphatic rings. The normalized spacial score (nSPS) is 24.8. The molecule has 1 aromatic rings. The van der Waals surface area contributed by atoms with Crippen LogP contribution in [0.1, 0.15) is 41.3 Å². The number of aryl methyl sites for hydroxylation is 3. The molecule has 0 spiro atoms. The second-order valence-corrected chi connectivity index (χ2v) is 7.10. The highest BCUT2D eigenvalue weighted by Crippen LogP contribution is 2.27. The molecular formula is C15H23N3O2S. The molecule has 0 bridgehead atoms. The number of amides is 1. The minimum absolute atomic E-state index is 0.00461. The predicted octanol–water partition coefficient (Wildman–Crippen LogP) is 0.794. The highest BCUT2D eigenvalue weighted by atomic mass is 32.1. The molecule has 0 radical (unpaired) electrons. The quantitative estimate of drug-likeness (QED) is 0.703. The van der Waals surface area contributed by atoms with Crippen molar-refractivity contribution >= 4 is 17.2 Å². The minimum Gasteiger partial charge on any atom is -0.392 e. The molecule has 1 amide bonds. The van der Waals surface area contributed by atoms with Gasteiger partial charge in [0.2, 0.25) is 5.91 Å².